The zero-order valence-corrected chi connectivity index (χ0v) is 8.07. The first-order valence-corrected chi connectivity index (χ1v) is 4.62. The average molecular weight is 173 g/mol. The molecule has 3 nitrogen and oxygen atoms in total. The van der Waals surface area contributed by atoms with Crippen LogP contribution in [0.15, 0.2) is 0 Å². The lowest BCUT2D eigenvalue weighted by Gasteiger charge is -2.26. The van der Waals surface area contributed by atoms with Crippen LogP contribution >= 0.6 is 0 Å². The Kier molecular flexibility index (Phi) is 3.09. The molecule has 0 aromatic carbocycles. The van der Waals surface area contributed by atoms with E-state index >= 15 is 0 Å². The van der Waals surface area contributed by atoms with Crippen LogP contribution in [-0.2, 0) is 0 Å². The van der Waals surface area contributed by atoms with Crippen LogP contribution in [0.25, 0.3) is 0 Å². The molecular formula is C9H19NO2. The second kappa shape index (κ2) is 3.73. The maximum Gasteiger partial charge on any atom is 0.0938 e. The fourth-order valence-corrected chi connectivity index (χ4v) is 1.55. The minimum Gasteiger partial charge on any atom is -0.389 e. The van der Waals surface area contributed by atoms with Crippen molar-refractivity contribution in [2.24, 2.45) is 5.92 Å². The van der Waals surface area contributed by atoms with E-state index in [-0.39, 0.29) is 0 Å². The van der Waals surface area contributed by atoms with E-state index in [4.69, 9.17) is 0 Å². The number of likely N-dealkylation sites (tertiary alicyclic amines) is 1. The van der Waals surface area contributed by atoms with Gasteiger partial charge in [-0.05, 0) is 12.8 Å². The maximum absolute atomic E-state index is 9.31. The van der Waals surface area contributed by atoms with Gasteiger partial charge in [0.2, 0.25) is 0 Å². The van der Waals surface area contributed by atoms with Gasteiger partial charge in [-0.25, -0.2) is 0 Å². The molecule has 1 rings (SSSR count). The van der Waals surface area contributed by atoms with E-state index in [1.54, 1.807) is 0 Å². The van der Waals surface area contributed by atoms with Crippen molar-refractivity contribution in [2.45, 2.75) is 39.0 Å². The standard InChI is InChI=1S/C9H19NO2/c1-6(2)7(3)10-4-8(11)9(12)5-10/h6-9,11-12H,4-5H2,1-3H3/t7?,8-,9+. The Morgan fingerprint density at radius 3 is 1.83 bits per heavy atom. The molecule has 0 aliphatic carbocycles. The summed E-state index contributed by atoms with van der Waals surface area (Å²) in [5.74, 6) is 0.572. The van der Waals surface area contributed by atoms with Crippen LogP contribution in [-0.4, -0.2) is 46.5 Å². The van der Waals surface area contributed by atoms with E-state index in [1.165, 1.54) is 0 Å². The Labute approximate surface area is 74.0 Å². The molecule has 0 amide bonds. The van der Waals surface area contributed by atoms with E-state index < -0.39 is 12.2 Å². The lowest BCUT2D eigenvalue weighted by molar-refractivity contribution is 0.0572. The zero-order chi connectivity index (χ0) is 9.30. The highest BCUT2D eigenvalue weighted by molar-refractivity contribution is 4.86. The van der Waals surface area contributed by atoms with Gasteiger partial charge in [-0.2, -0.15) is 0 Å². The molecule has 0 bridgehead atoms. The third-order valence-electron chi connectivity index (χ3n) is 2.83. The predicted molar refractivity (Wildman–Crippen MR) is 47.9 cm³/mol. The summed E-state index contributed by atoms with van der Waals surface area (Å²) in [4.78, 5) is 2.14. The molecule has 1 heterocycles. The van der Waals surface area contributed by atoms with E-state index in [2.05, 4.69) is 25.7 Å². The second-order valence-corrected chi connectivity index (χ2v) is 4.07. The van der Waals surface area contributed by atoms with Crippen LogP contribution in [0.5, 0.6) is 0 Å². The van der Waals surface area contributed by atoms with Crippen molar-refractivity contribution in [3.8, 4) is 0 Å². The minimum absolute atomic E-state index is 0.441. The van der Waals surface area contributed by atoms with Gasteiger partial charge in [-0.15, -0.1) is 0 Å². The van der Waals surface area contributed by atoms with Gasteiger partial charge in [0.05, 0.1) is 12.2 Å². The number of hydrogen-bond donors (Lipinski definition) is 2. The van der Waals surface area contributed by atoms with Gasteiger partial charge in [0, 0.05) is 19.1 Å². The van der Waals surface area contributed by atoms with Crippen LogP contribution in [0.1, 0.15) is 20.8 Å². The van der Waals surface area contributed by atoms with Crippen LogP contribution < -0.4 is 0 Å². The van der Waals surface area contributed by atoms with E-state index in [0.29, 0.717) is 25.0 Å². The fourth-order valence-electron chi connectivity index (χ4n) is 1.55. The molecule has 1 fully saturated rings. The van der Waals surface area contributed by atoms with E-state index in [0.717, 1.165) is 0 Å². The largest absolute Gasteiger partial charge is 0.389 e. The van der Waals surface area contributed by atoms with Crippen molar-refractivity contribution in [1.29, 1.82) is 0 Å². The molecule has 3 heteroatoms. The Hall–Kier alpha value is -0.120. The number of hydrogen-bond acceptors (Lipinski definition) is 3. The normalized spacial score (nSPS) is 34.5. The van der Waals surface area contributed by atoms with Crippen molar-refractivity contribution in [3.05, 3.63) is 0 Å². The third kappa shape index (κ3) is 1.97. The molecule has 0 spiro atoms. The summed E-state index contributed by atoms with van der Waals surface area (Å²) in [7, 11) is 0. The van der Waals surface area contributed by atoms with Crippen molar-refractivity contribution >= 4 is 0 Å². The van der Waals surface area contributed by atoms with E-state index in [1.807, 2.05) is 0 Å². The molecule has 0 aromatic rings. The minimum atomic E-state index is -0.550. The Morgan fingerprint density at radius 2 is 1.50 bits per heavy atom. The van der Waals surface area contributed by atoms with Crippen molar-refractivity contribution in [3.63, 3.8) is 0 Å². The predicted octanol–water partition coefficient (Wildman–Crippen LogP) is 0.0683. The number of rotatable bonds is 2. The second-order valence-electron chi connectivity index (χ2n) is 4.07. The van der Waals surface area contributed by atoms with Gasteiger partial charge in [0.1, 0.15) is 0 Å². The summed E-state index contributed by atoms with van der Waals surface area (Å²) in [6.07, 6.45) is -1.10. The van der Waals surface area contributed by atoms with Crippen molar-refractivity contribution in [1.82, 2.24) is 4.90 Å². The monoisotopic (exact) mass is 173 g/mol. The quantitative estimate of drug-likeness (QED) is 0.621. The number of β-amino-alcohol motifs (C(OH)–C–C–N with tert-alkyl or cyclic N) is 2. The van der Waals surface area contributed by atoms with Crippen LogP contribution in [0.4, 0.5) is 0 Å². The first-order valence-electron chi connectivity index (χ1n) is 4.62. The van der Waals surface area contributed by atoms with Gasteiger partial charge in [0.25, 0.3) is 0 Å². The van der Waals surface area contributed by atoms with Crippen LogP contribution in [0.3, 0.4) is 0 Å². The lowest BCUT2D eigenvalue weighted by atomic mass is 10.1. The zero-order valence-electron chi connectivity index (χ0n) is 8.07. The fraction of sp³-hybridized carbons (Fsp3) is 1.00. The Bertz CT molecular complexity index is 139. The highest BCUT2D eigenvalue weighted by atomic mass is 16.3. The van der Waals surface area contributed by atoms with Gasteiger partial charge in [0.15, 0.2) is 0 Å². The molecule has 0 radical (unpaired) electrons. The van der Waals surface area contributed by atoms with Gasteiger partial charge < -0.3 is 10.2 Å². The summed E-state index contributed by atoms with van der Waals surface area (Å²) in [6.45, 7) is 7.67. The molecule has 1 saturated heterocycles. The highest BCUT2D eigenvalue weighted by Crippen LogP contribution is 2.17. The summed E-state index contributed by atoms with van der Waals surface area (Å²) < 4.78 is 0. The Morgan fingerprint density at radius 1 is 1.08 bits per heavy atom. The van der Waals surface area contributed by atoms with Crippen molar-refractivity contribution < 1.29 is 10.2 Å². The number of nitrogens with zero attached hydrogens (tertiary/aromatic N) is 1. The van der Waals surface area contributed by atoms with E-state index in [9.17, 15) is 10.2 Å². The molecule has 12 heavy (non-hydrogen) atoms. The summed E-state index contributed by atoms with van der Waals surface area (Å²) in [5.41, 5.74) is 0. The van der Waals surface area contributed by atoms with Crippen LogP contribution in [0, 0.1) is 5.92 Å². The first-order chi connectivity index (χ1) is 5.52. The smallest absolute Gasteiger partial charge is 0.0938 e. The molecule has 2 N–H and O–H groups in total. The van der Waals surface area contributed by atoms with Crippen molar-refractivity contribution in [2.75, 3.05) is 13.1 Å². The molecular weight excluding hydrogens is 154 g/mol. The summed E-state index contributed by atoms with van der Waals surface area (Å²) in [5, 5.41) is 18.6. The van der Waals surface area contributed by atoms with Gasteiger partial charge in [-0.3, -0.25) is 4.90 Å². The molecule has 0 aromatic heterocycles. The highest BCUT2D eigenvalue weighted by Gasteiger charge is 2.32. The molecule has 1 unspecified atom stereocenters. The molecule has 72 valence electrons. The van der Waals surface area contributed by atoms with Gasteiger partial charge >= 0.3 is 0 Å². The maximum atomic E-state index is 9.31. The SMILES string of the molecule is CC(C)C(C)N1C[C@@H](O)[C@@H](O)C1. The molecule has 1 aliphatic rings. The Balaban J connectivity index is 2.45. The molecule has 0 saturated carbocycles. The average Bonchev–Trinajstić information content (AvgIpc) is 2.30. The molecule has 1 aliphatic heterocycles. The lowest BCUT2D eigenvalue weighted by Crippen LogP contribution is -2.35. The topological polar surface area (TPSA) is 43.7 Å². The van der Waals surface area contributed by atoms with Gasteiger partial charge in [-0.1, -0.05) is 13.8 Å². The summed E-state index contributed by atoms with van der Waals surface area (Å²) in [6, 6.07) is 0.441. The third-order valence-corrected chi connectivity index (χ3v) is 2.83. The summed E-state index contributed by atoms with van der Waals surface area (Å²) >= 11 is 0. The first kappa shape index (κ1) is 9.96. The molecule has 3 atom stereocenters. The van der Waals surface area contributed by atoms with Crippen LogP contribution in [0.2, 0.25) is 0 Å². The number of aliphatic hydroxyl groups is 2. The number of aliphatic hydroxyl groups excluding tert-OH is 2.